The largest absolute Gasteiger partial charge is 0.477 e. The van der Waals surface area contributed by atoms with Crippen LogP contribution in [0.4, 0.5) is 5.82 Å². The first-order chi connectivity index (χ1) is 8.49. The number of rotatable bonds is 3. The van der Waals surface area contributed by atoms with Crippen molar-refractivity contribution in [3.05, 3.63) is 11.3 Å². The highest BCUT2D eigenvalue weighted by Gasteiger charge is 2.24. The number of anilines is 1. The quantitative estimate of drug-likeness (QED) is 0.865. The van der Waals surface area contributed by atoms with Crippen LogP contribution in [0.25, 0.3) is 0 Å². The molecule has 0 radical (unpaired) electrons. The molecule has 0 atom stereocenters. The minimum atomic E-state index is -0.910. The minimum absolute atomic E-state index is 0.302. The van der Waals surface area contributed by atoms with Crippen LogP contribution in [0, 0.1) is 12.8 Å². The van der Waals surface area contributed by atoms with E-state index in [-0.39, 0.29) is 0 Å². The zero-order chi connectivity index (χ0) is 13.3. The van der Waals surface area contributed by atoms with Crippen molar-refractivity contribution >= 4 is 11.8 Å². The Bertz CT molecular complexity index is 445. The molecule has 1 fully saturated rings. The van der Waals surface area contributed by atoms with Crippen molar-refractivity contribution in [1.29, 1.82) is 0 Å². The van der Waals surface area contributed by atoms with Crippen LogP contribution in [-0.2, 0) is 7.05 Å². The number of nitrogens with one attached hydrogen (secondary N) is 1. The molecule has 1 aliphatic carbocycles. The van der Waals surface area contributed by atoms with Gasteiger partial charge in [-0.05, 0) is 38.5 Å². The first kappa shape index (κ1) is 12.9. The van der Waals surface area contributed by atoms with Crippen LogP contribution in [0.2, 0.25) is 0 Å². The third-order valence-electron chi connectivity index (χ3n) is 3.79. The molecule has 0 saturated heterocycles. The van der Waals surface area contributed by atoms with E-state index in [0.717, 1.165) is 18.8 Å². The van der Waals surface area contributed by atoms with Gasteiger partial charge in [0, 0.05) is 13.1 Å². The molecular formula is C13H21N3O2. The van der Waals surface area contributed by atoms with Gasteiger partial charge in [-0.1, -0.05) is 6.92 Å². The molecule has 18 heavy (non-hydrogen) atoms. The number of nitrogens with zero attached hydrogens (tertiary/aromatic N) is 2. The van der Waals surface area contributed by atoms with Crippen LogP contribution in [0.15, 0.2) is 0 Å². The molecule has 2 N–H and O–H groups in total. The molecule has 1 aromatic heterocycles. The first-order valence-electron chi connectivity index (χ1n) is 6.52. The number of hydrogen-bond donors (Lipinski definition) is 2. The highest BCUT2D eigenvalue weighted by molar-refractivity contribution is 5.94. The number of hydrogen-bond acceptors (Lipinski definition) is 3. The lowest BCUT2D eigenvalue weighted by atomic mass is 9.87. The third-order valence-corrected chi connectivity index (χ3v) is 3.79. The summed E-state index contributed by atoms with van der Waals surface area (Å²) in [5.41, 5.74) is 0.868. The van der Waals surface area contributed by atoms with Crippen LogP contribution in [0.5, 0.6) is 0 Å². The van der Waals surface area contributed by atoms with Crippen molar-refractivity contribution in [3.8, 4) is 0 Å². The molecule has 1 aromatic rings. The molecule has 0 unspecified atom stereocenters. The lowest BCUT2D eigenvalue weighted by Crippen LogP contribution is -2.27. The minimum Gasteiger partial charge on any atom is -0.477 e. The summed E-state index contributed by atoms with van der Waals surface area (Å²) in [6.45, 7) is 4.00. The smallest absolute Gasteiger partial charge is 0.341 e. The Balaban J connectivity index is 2.16. The van der Waals surface area contributed by atoms with Gasteiger partial charge in [-0.25, -0.2) is 4.79 Å². The Morgan fingerprint density at radius 1 is 1.39 bits per heavy atom. The zero-order valence-electron chi connectivity index (χ0n) is 11.2. The van der Waals surface area contributed by atoms with Gasteiger partial charge in [0.25, 0.3) is 0 Å². The maximum absolute atomic E-state index is 11.3. The number of aromatic carboxylic acids is 1. The molecule has 0 amide bonds. The summed E-state index contributed by atoms with van der Waals surface area (Å²) in [6, 6.07) is 0.370. The van der Waals surface area contributed by atoms with Gasteiger partial charge in [-0.2, -0.15) is 5.10 Å². The van der Waals surface area contributed by atoms with Gasteiger partial charge in [-0.3, -0.25) is 4.68 Å². The van der Waals surface area contributed by atoms with Gasteiger partial charge in [0.05, 0.1) is 5.69 Å². The van der Waals surface area contributed by atoms with Crippen molar-refractivity contribution in [2.45, 2.75) is 45.6 Å². The van der Waals surface area contributed by atoms with Crippen LogP contribution < -0.4 is 5.32 Å². The molecule has 2 rings (SSSR count). The lowest BCUT2D eigenvalue weighted by Gasteiger charge is -2.27. The standard InChI is InChI=1S/C13H21N3O2/c1-8-4-6-10(7-5-8)14-12-11(13(17)18)9(2)15-16(12)3/h8,10,14H,4-7H2,1-3H3,(H,17,18). The molecule has 5 nitrogen and oxygen atoms in total. The number of carboxylic acid groups (broad SMARTS) is 1. The predicted molar refractivity (Wildman–Crippen MR) is 69.9 cm³/mol. The summed E-state index contributed by atoms with van der Waals surface area (Å²) in [5, 5.41) is 16.8. The van der Waals surface area contributed by atoms with Crippen LogP contribution in [0.3, 0.4) is 0 Å². The van der Waals surface area contributed by atoms with Gasteiger partial charge < -0.3 is 10.4 Å². The van der Waals surface area contributed by atoms with Gasteiger partial charge in [-0.15, -0.1) is 0 Å². The summed E-state index contributed by atoms with van der Waals surface area (Å²) in [4.78, 5) is 11.3. The summed E-state index contributed by atoms with van der Waals surface area (Å²) in [6.07, 6.45) is 4.61. The second kappa shape index (κ2) is 5.00. The van der Waals surface area contributed by atoms with E-state index >= 15 is 0 Å². The van der Waals surface area contributed by atoms with Crippen LogP contribution in [0.1, 0.15) is 48.7 Å². The summed E-state index contributed by atoms with van der Waals surface area (Å²) in [7, 11) is 1.78. The molecule has 1 aliphatic rings. The Morgan fingerprint density at radius 2 is 2.00 bits per heavy atom. The molecule has 0 aliphatic heterocycles. The van der Waals surface area contributed by atoms with E-state index in [1.165, 1.54) is 12.8 Å². The average molecular weight is 251 g/mol. The molecule has 5 heteroatoms. The van der Waals surface area contributed by atoms with Crippen molar-refractivity contribution in [2.24, 2.45) is 13.0 Å². The third kappa shape index (κ3) is 2.49. The van der Waals surface area contributed by atoms with Gasteiger partial charge in [0.1, 0.15) is 11.4 Å². The topological polar surface area (TPSA) is 67.2 Å². The van der Waals surface area contributed by atoms with E-state index in [4.69, 9.17) is 0 Å². The fourth-order valence-electron chi connectivity index (χ4n) is 2.68. The van der Waals surface area contributed by atoms with Crippen LogP contribution in [-0.4, -0.2) is 26.9 Å². The SMILES string of the molecule is Cc1nn(C)c(NC2CCC(C)CC2)c1C(=O)O. The Morgan fingerprint density at radius 3 is 2.56 bits per heavy atom. The monoisotopic (exact) mass is 251 g/mol. The number of carbonyl (C=O) groups is 1. The fourth-order valence-corrected chi connectivity index (χ4v) is 2.68. The lowest BCUT2D eigenvalue weighted by molar-refractivity contribution is 0.0697. The first-order valence-corrected chi connectivity index (χ1v) is 6.52. The highest BCUT2D eigenvalue weighted by Crippen LogP contribution is 2.27. The maximum Gasteiger partial charge on any atom is 0.341 e. The average Bonchev–Trinajstić information content (AvgIpc) is 2.57. The predicted octanol–water partition coefficient (Wildman–Crippen LogP) is 2.42. The summed E-state index contributed by atoms with van der Waals surface area (Å²) in [5.74, 6) is 0.516. The fraction of sp³-hybridized carbons (Fsp3) is 0.692. The van der Waals surface area contributed by atoms with E-state index in [0.29, 0.717) is 23.1 Å². The molecule has 100 valence electrons. The maximum atomic E-state index is 11.3. The van der Waals surface area contributed by atoms with Crippen molar-refractivity contribution in [3.63, 3.8) is 0 Å². The Hall–Kier alpha value is -1.52. The van der Waals surface area contributed by atoms with Gasteiger partial charge in [0.15, 0.2) is 0 Å². The molecule has 0 spiro atoms. The second-order valence-electron chi connectivity index (χ2n) is 5.34. The normalized spacial score (nSPS) is 23.9. The highest BCUT2D eigenvalue weighted by atomic mass is 16.4. The second-order valence-corrected chi connectivity index (χ2v) is 5.34. The van der Waals surface area contributed by atoms with Gasteiger partial charge in [0.2, 0.25) is 0 Å². The zero-order valence-corrected chi connectivity index (χ0v) is 11.2. The van der Waals surface area contributed by atoms with E-state index in [1.54, 1.807) is 18.7 Å². The number of carboxylic acids is 1. The number of aryl methyl sites for hydroxylation is 2. The molecule has 0 bridgehead atoms. The van der Waals surface area contributed by atoms with Crippen LogP contribution >= 0.6 is 0 Å². The number of aromatic nitrogens is 2. The van der Waals surface area contributed by atoms with E-state index in [2.05, 4.69) is 17.3 Å². The molecule has 1 saturated carbocycles. The summed E-state index contributed by atoms with van der Waals surface area (Å²) >= 11 is 0. The van der Waals surface area contributed by atoms with E-state index in [1.807, 2.05) is 0 Å². The van der Waals surface area contributed by atoms with Crippen molar-refractivity contribution in [1.82, 2.24) is 9.78 Å². The molecule has 0 aromatic carbocycles. The Kier molecular flexibility index (Phi) is 3.59. The van der Waals surface area contributed by atoms with Gasteiger partial charge >= 0.3 is 5.97 Å². The molecule has 1 heterocycles. The Labute approximate surface area is 107 Å². The van der Waals surface area contributed by atoms with Crippen molar-refractivity contribution < 1.29 is 9.90 Å². The van der Waals surface area contributed by atoms with E-state index in [9.17, 15) is 9.90 Å². The van der Waals surface area contributed by atoms with Crippen molar-refractivity contribution in [2.75, 3.05) is 5.32 Å². The summed E-state index contributed by atoms with van der Waals surface area (Å²) < 4.78 is 1.64. The molecular weight excluding hydrogens is 230 g/mol. The van der Waals surface area contributed by atoms with E-state index < -0.39 is 5.97 Å².